The minimum atomic E-state index is -0.122. The Morgan fingerprint density at radius 3 is 2.40 bits per heavy atom. The zero-order chi connectivity index (χ0) is 11.8. The number of hydrogen-bond acceptors (Lipinski definition) is 0. The highest BCUT2D eigenvalue weighted by molar-refractivity contribution is 5.29. The van der Waals surface area contributed by atoms with Gasteiger partial charge in [0.05, 0.1) is 0 Å². The highest BCUT2D eigenvalue weighted by Gasteiger charge is 2.07. The van der Waals surface area contributed by atoms with Crippen LogP contribution in [0, 0.1) is 12.7 Å². The van der Waals surface area contributed by atoms with Crippen molar-refractivity contribution in [2.75, 3.05) is 0 Å². The summed E-state index contributed by atoms with van der Waals surface area (Å²) in [5, 5.41) is 0. The first-order valence-electron chi connectivity index (χ1n) is 5.91. The number of aryl methyl sites for hydroxylation is 1. The van der Waals surface area contributed by atoms with Crippen LogP contribution in [0.3, 0.4) is 0 Å². The molecule has 0 aliphatic heterocycles. The first-order chi connectivity index (χ1) is 7.15. The second kappa shape index (κ2) is 7.44. The van der Waals surface area contributed by atoms with Crippen LogP contribution in [-0.2, 0) is 0 Å². The predicted molar refractivity (Wildman–Crippen MR) is 65.8 cm³/mol. The SMILES string of the molecule is CC.CCCC(C)c1cc(F)ccc1C. The molecule has 0 radical (unpaired) electrons. The number of benzene rings is 1. The highest BCUT2D eigenvalue weighted by atomic mass is 19.1. The fourth-order valence-corrected chi connectivity index (χ4v) is 1.73. The van der Waals surface area contributed by atoms with Gasteiger partial charge in [-0.3, -0.25) is 0 Å². The molecule has 0 nitrogen and oxygen atoms in total. The molecule has 0 aliphatic carbocycles. The standard InChI is InChI=1S/C12H17F.C2H6/c1-4-5-9(2)12-8-11(13)7-6-10(12)3;1-2/h6-9H,4-5H2,1-3H3;1-2H3. The van der Waals surface area contributed by atoms with Crippen LogP contribution in [-0.4, -0.2) is 0 Å². The number of hydrogen-bond donors (Lipinski definition) is 0. The van der Waals surface area contributed by atoms with E-state index in [1.54, 1.807) is 6.07 Å². The van der Waals surface area contributed by atoms with Crippen molar-refractivity contribution in [2.45, 2.75) is 53.4 Å². The van der Waals surface area contributed by atoms with Crippen LogP contribution >= 0.6 is 0 Å². The molecule has 15 heavy (non-hydrogen) atoms. The molecule has 0 fully saturated rings. The van der Waals surface area contributed by atoms with Gasteiger partial charge in [0.15, 0.2) is 0 Å². The Kier molecular flexibility index (Phi) is 7.02. The quantitative estimate of drug-likeness (QED) is 0.654. The maximum Gasteiger partial charge on any atom is 0.123 e. The summed E-state index contributed by atoms with van der Waals surface area (Å²) in [6.45, 7) is 10.4. The van der Waals surface area contributed by atoms with Crippen molar-refractivity contribution in [3.05, 3.63) is 35.1 Å². The summed E-state index contributed by atoms with van der Waals surface area (Å²) in [6, 6.07) is 5.05. The van der Waals surface area contributed by atoms with Crippen molar-refractivity contribution in [3.63, 3.8) is 0 Å². The Hall–Kier alpha value is -0.850. The van der Waals surface area contributed by atoms with Gasteiger partial charge in [-0.15, -0.1) is 0 Å². The monoisotopic (exact) mass is 210 g/mol. The minimum absolute atomic E-state index is 0.122. The van der Waals surface area contributed by atoms with E-state index in [9.17, 15) is 4.39 Å². The van der Waals surface area contributed by atoms with Gasteiger partial charge in [-0.05, 0) is 42.5 Å². The van der Waals surface area contributed by atoms with E-state index < -0.39 is 0 Å². The molecule has 86 valence electrons. The summed E-state index contributed by atoms with van der Waals surface area (Å²) < 4.78 is 12.9. The fraction of sp³-hybridized carbons (Fsp3) is 0.571. The Labute approximate surface area is 93.5 Å². The Bertz CT molecular complexity index is 279. The van der Waals surface area contributed by atoms with Gasteiger partial charge in [0.25, 0.3) is 0 Å². The molecule has 0 bridgehead atoms. The molecular weight excluding hydrogens is 187 g/mol. The van der Waals surface area contributed by atoms with Crippen molar-refractivity contribution in [1.29, 1.82) is 0 Å². The van der Waals surface area contributed by atoms with E-state index in [4.69, 9.17) is 0 Å². The summed E-state index contributed by atoms with van der Waals surface area (Å²) in [5.74, 6) is 0.351. The number of halogens is 1. The van der Waals surface area contributed by atoms with Crippen molar-refractivity contribution >= 4 is 0 Å². The molecule has 1 aromatic carbocycles. The molecule has 0 saturated heterocycles. The van der Waals surface area contributed by atoms with Gasteiger partial charge in [0.1, 0.15) is 5.82 Å². The van der Waals surface area contributed by atoms with Crippen molar-refractivity contribution in [3.8, 4) is 0 Å². The third-order valence-electron chi connectivity index (χ3n) is 2.49. The van der Waals surface area contributed by atoms with Gasteiger partial charge in [0.2, 0.25) is 0 Å². The Balaban J connectivity index is 0.000000921. The summed E-state index contributed by atoms with van der Waals surface area (Å²) in [6.07, 6.45) is 2.28. The lowest BCUT2D eigenvalue weighted by atomic mass is 9.93. The van der Waals surface area contributed by atoms with Crippen molar-refractivity contribution in [1.82, 2.24) is 0 Å². The third-order valence-corrected chi connectivity index (χ3v) is 2.49. The summed E-state index contributed by atoms with van der Waals surface area (Å²) >= 11 is 0. The average Bonchev–Trinajstić information content (AvgIpc) is 2.25. The molecule has 0 N–H and O–H groups in total. The van der Waals surface area contributed by atoms with E-state index in [2.05, 4.69) is 13.8 Å². The van der Waals surface area contributed by atoms with E-state index in [-0.39, 0.29) is 5.82 Å². The lowest BCUT2D eigenvalue weighted by Crippen LogP contribution is -1.96. The molecule has 1 heteroatoms. The zero-order valence-corrected chi connectivity index (χ0v) is 10.6. The lowest BCUT2D eigenvalue weighted by Gasteiger charge is -2.13. The summed E-state index contributed by atoms with van der Waals surface area (Å²) in [5.41, 5.74) is 2.35. The Morgan fingerprint density at radius 2 is 1.87 bits per heavy atom. The fourth-order valence-electron chi connectivity index (χ4n) is 1.73. The van der Waals surface area contributed by atoms with E-state index in [0.717, 1.165) is 18.4 Å². The molecule has 0 heterocycles. The summed E-state index contributed by atoms with van der Waals surface area (Å²) in [7, 11) is 0. The van der Waals surface area contributed by atoms with Crippen LogP contribution in [0.25, 0.3) is 0 Å². The molecule has 0 aromatic heterocycles. The summed E-state index contributed by atoms with van der Waals surface area (Å²) in [4.78, 5) is 0. The molecule has 0 aliphatic rings. The largest absolute Gasteiger partial charge is 0.207 e. The normalized spacial score (nSPS) is 11.6. The van der Waals surface area contributed by atoms with Crippen LogP contribution < -0.4 is 0 Å². The maximum absolute atomic E-state index is 12.9. The van der Waals surface area contributed by atoms with Gasteiger partial charge in [0, 0.05) is 0 Å². The van der Waals surface area contributed by atoms with Gasteiger partial charge in [-0.25, -0.2) is 4.39 Å². The van der Waals surface area contributed by atoms with Crippen LogP contribution in [0.1, 0.15) is 57.6 Å². The van der Waals surface area contributed by atoms with E-state index >= 15 is 0 Å². The first-order valence-corrected chi connectivity index (χ1v) is 5.91. The molecule has 1 atom stereocenters. The van der Waals surface area contributed by atoms with Gasteiger partial charge < -0.3 is 0 Å². The molecule has 1 rings (SSSR count). The van der Waals surface area contributed by atoms with Crippen LogP contribution in [0.2, 0.25) is 0 Å². The molecule has 0 amide bonds. The highest BCUT2D eigenvalue weighted by Crippen LogP contribution is 2.24. The lowest BCUT2D eigenvalue weighted by molar-refractivity contribution is 0.611. The first kappa shape index (κ1) is 14.2. The number of rotatable bonds is 3. The average molecular weight is 210 g/mol. The molecule has 1 unspecified atom stereocenters. The van der Waals surface area contributed by atoms with Crippen molar-refractivity contribution < 1.29 is 4.39 Å². The van der Waals surface area contributed by atoms with Gasteiger partial charge >= 0.3 is 0 Å². The zero-order valence-electron chi connectivity index (χ0n) is 10.6. The predicted octanol–water partition coefficient (Wildman–Crippen LogP) is 5.06. The Morgan fingerprint density at radius 1 is 1.27 bits per heavy atom. The van der Waals surface area contributed by atoms with Crippen LogP contribution in [0.5, 0.6) is 0 Å². The third kappa shape index (κ3) is 4.46. The molecular formula is C14H23F. The molecule has 1 aromatic rings. The second-order valence-corrected chi connectivity index (χ2v) is 3.69. The van der Waals surface area contributed by atoms with E-state index in [1.807, 2.05) is 26.8 Å². The minimum Gasteiger partial charge on any atom is -0.207 e. The smallest absolute Gasteiger partial charge is 0.123 e. The van der Waals surface area contributed by atoms with Crippen LogP contribution in [0.4, 0.5) is 4.39 Å². The van der Waals surface area contributed by atoms with E-state index in [1.165, 1.54) is 11.6 Å². The maximum atomic E-state index is 12.9. The van der Waals surface area contributed by atoms with Gasteiger partial charge in [-0.1, -0.05) is 40.2 Å². The second-order valence-electron chi connectivity index (χ2n) is 3.69. The topological polar surface area (TPSA) is 0 Å². The van der Waals surface area contributed by atoms with E-state index in [0.29, 0.717) is 5.92 Å². The molecule has 0 saturated carbocycles. The van der Waals surface area contributed by atoms with Crippen molar-refractivity contribution in [2.24, 2.45) is 0 Å². The van der Waals surface area contributed by atoms with Gasteiger partial charge in [-0.2, -0.15) is 0 Å². The van der Waals surface area contributed by atoms with Crippen LogP contribution in [0.15, 0.2) is 18.2 Å². The molecule has 0 spiro atoms.